The quantitative estimate of drug-likeness (QED) is 0.305. The minimum Gasteiger partial charge on any atom is -0.507 e. The summed E-state index contributed by atoms with van der Waals surface area (Å²) in [6, 6.07) is 8.84. The highest BCUT2D eigenvalue weighted by atomic mass is 35.5. The Morgan fingerprint density at radius 3 is 2.39 bits per heavy atom. The molecule has 1 saturated heterocycles. The zero-order valence-corrected chi connectivity index (χ0v) is 20.1. The van der Waals surface area contributed by atoms with Crippen molar-refractivity contribution in [2.75, 3.05) is 33.5 Å². The van der Waals surface area contributed by atoms with E-state index in [1.165, 1.54) is 12.0 Å². The van der Waals surface area contributed by atoms with E-state index in [4.69, 9.17) is 37.4 Å². The fourth-order valence-electron chi connectivity index (χ4n) is 3.70. The number of hydrogen-bond donors (Lipinski definition) is 1. The minimum atomic E-state index is -0.879. The molecule has 1 N–H and O–H groups in total. The summed E-state index contributed by atoms with van der Waals surface area (Å²) in [5, 5.41) is 11.9. The van der Waals surface area contributed by atoms with Crippen molar-refractivity contribution >= 4 is 40.7 Å². The van der Waals surface area contributed by atoms with Crippen LogP contribution in [0.5, 0.6) is 11.5 Å². The Bertz CT molecular complexity index is 1080. The molecule has 1 aliphatic heterocycles. The van der Waals surface area contributed by atoms with Gasteiger partial charge in [-0.05, 0) is 43.7 Å². The first-order valence-electron chi connectivity index (χ1n) is 10.5. The molecule has 1 heterocycles. The second-order valence-corrected chi connectivity index (χ2v) is 8.00. The number of methoxy groups -OCH3 is 1. The van der Waals surface area contributed by atoms with Crippen molar-refractivity contribution < 1.29 is 28.9 Å². The summed E-state index contributed by atoms with van der Waals surface area (Å²) >= 11 is 12.3. The van der Waals surface area contributed by atoms with E-state index in [1.807, 2.05) is 6.92 Å². The third-order valence-corrected chi connectivity index (χ3v) is 5.89. The van der Waals surface area contributed by atoms with E-state index in [-0.39, 0.29) is 35.1 Å². The molecule has 0 radical (unpaired) electrons. The van der Waals surface area contributed by atoms with E-state index in [1.54, 1.807) is 43.3 Å². The zero-order chi connectivity index (χ0) is 24.1. The monoisotopic (exact) mass is 493 g/mol. The third kappa shape index (κ3) is 5.11. The van der Waals surface area contributed by atoms with E-state index in [2.05, 4.69) is 0 Å². The van der Waals surface area contributed by atoms with Gasteiger partial charge in [0, 0.05) is 19.7 Å². The van der Waals surface area contributed by atoms with Gasteiger partial charge in [-0.3, -0.25) is 9.59 Å². The number of amides is 1. The number of benzene rings is 2. The van der Waals surface area contributed by atoms with Crippen molar-refractivity contribution in [2.24, 2.45) is 0 Å². The number of nitrogens with zero attached hydrogens (tertiary/aromatic N) is 1. The first kappa shape index (κ1) is 24.9. The van der Waals surface area contributed by atoms with Crippen molar-refractivity contribution in [1.29, 1.82) is 0 Å². The van der Waals surface area contributed by atoms with Crippen LogP contribution in [0.2, 0.25) is 10.0 Å². The zero-order valence-electron chi connectivity index (χ0n) is 18.6. The molecule has 1 fully saturated rings. The summed E-state index contributed by atoms with van der Waals surface area (Å²) < 4.78 is 16.3. The van der Waals surface area contributed by atoms with E-state index in [9.17, 15) is 14.7 Å². The molecule has 0 aromatic heterocycles. The molecule has 33 heavy (non-hydrogen) atoms. The van der Waals surface area contributed by atoms with Crippen LogP contribution in [0.25, 0.3) is 5.76 Å². The van der Waals surface area contributed by atoms with E-state index in [0.717, 1.165) is 0 Å². The number of carbonyl (C=O) groups is 2. The Morgan fingerprint density at radius 1 is 1.03 bits per heavy atom. The third-order valence-electron chi connectivity index (χ3n) is 5.15. The topological polar surface area (TPSA) is 85.3 Å². The lowest BCUT2D eigenvalue weighted by Gasteiger charge is -2.25. The molecule has 0 spiro atoms. The molecule has 7 nitrogen and oxygen atoms in total. The highest BCUT2D eigenvalue weighted by Gasteiger charge is 2.46. The molecule has 0 aliphatic carbocycles. The maximum atomic E-state index is 13.1. The molecule has 1 atom stereocenters. The number of aliphatic hydroxyl groups excluding tert-OH is 1. The van der Waals surface area contributed by atoms with Crippen molar-refractivity contribution in [3.63, 3.8) is 0 Å². The first-order chi connectivity index (χ1) is 15.8. The number of Topliss-reactive ketones (excluding diaryl/α,β-unsaturated/α-hetero) is 1. The summed E-state index contributed by atoms with van der Waals surface area (Å²) in [7, 11) is 1.50. The van der Waals surface area contributed by atoms with Gasteiger partial charge in [0.1, 0.15) is 17.3 Å². The van der Waals surface area contributed by atoms with Crippen LogP contribution >= 0.6 is 23.2 Å². The number of ether oxygens (including phenoxy) is 3. The van der Waals surface area contributed by atoms with Gasteiger partial charge in [0.2, 0.25) is 0 Å². The molecule has 2 aromatic rings. The van der Waals surface area contributed by atoms with Gasteiger partial charge in [-0.15, -0.1) is 0 Å². The van der Waals surface area contributed by atoms with Crippen LogP contribution < -0.4 is 9.47 Å². The van der Waals surface area contributed by atoms with E-state index >= 15 is 0 Å². The lowest BCUT2D eigenvalue weighted by atomic mass is 9.95. The Kier molecular flexibility index (Phi) is 8.24. The largest absolute Gasteiger partial charge is 0.507 e. The van der Waals surface area contributed by atoms with Crippen LogP contribution in [0.1, 0.15) is 31.0 Å². The highest BCUT2D eigenvalue weighted by Crippen LogP contribution is 2.42. The molecule has 1 amide bonds. The maximum absolute atomic E-state index is 13.1. The van der Waals surface area contributed by atoms with Crippen LogP contribution in [0.3, 0.4) is 0 Å². The number of likely N-dealkylation sites (tertiary alicyclic amines) is 1. The molecule has 1 aliphatic rings. The Labute approximate surface area is 202 Å². The number of halogens is 2. The van der Waals surface area contributed by atoms with Crippen molar-refractivity contribution in [1.82, 2.24) is 4.90 Å². The van der Waals surface area contributed by atoms with Crippen LogP contribution in [0, 0.1) is 0 Å². The van der Waals surface area contributed by atoms with Gasteiger partial charge in [-0.25, -0.2) is 0 Å². The fraction of sp³-hybridized carbons (Fsp3) is 0.333. The van der Waals surface area contributed by atoms with Crippen LogP contribution in [-0.2, 0) is 14.3 Å². The average Bonchev–Trinajstić information content (AvgIpc) is 3.04. The summed E-state index contributed by atoms with van der Waals surface area (Å²) in [4.78, 5) is 27.4. The van der Waals surface area contributed by atoms with Gasteiger partial charge in [-0.2, -0.15) is 0 Å². The fourth-order valence-corrected chi connectivity index (χ4v) is 4.01. The van der Waals surface area contributed by atoms with Crippen molar-refractivity contribution in [3.8, 4) is 11.5 Å². The van der Waals surface area contributed by atoms with Crippen LogP contribution in [-0.4, -0.2) is 55.2 Å². The predicted octanol–water partition coefficient (Wildman–Crippen LogP) is 4.86. The molecule has 3 rings (SSSR count). The highest BCUT2D eigenvalue weighted by molar-refractivity contribution is 6.47. The molecular weight excluding hydrogens is 469 g/mol. The molecular formula is C24H25Cl2NO6. The first-order valence-corrected chi connectivity index (χ1v) is 11.2. The second-order valence-electron chi connectivity index (χ2n) is 7.18. The lowest BCUT2D eigenvalue weighted by Crippen LogP contribution is -2.32. The Balaban J connectivity index is 2.21. The summed E-state index contributed by atoms with van der Waals surface area (Å²) in [6.45, 7) is 4.79. The van der Waals surface area contributed by atoms with Gasteiger partial charge in [0.25, 0.3) is 11.7 Å². The molecule has 176 valence electrons. The second kappa shape index (κ2) is 10.9. The SMILES string of the molecule is CCOc1ccc(/C(O)=C2/C(=O)C(=O)N(CCOC)C2c2ccc(Cl)c(Cl)c2)c(OCC)c1. The Hall–Kier alpha value is -2.74. The predicted molar refractivity (Wildman–Crippen MR) is 126 cm³/mol. The molecule has 2 aromatic carbocycles. The lowest BCUT2D eigenvalue weighted by molar-refractivity contribution is -0.140. The summed E-state index contributed by atoms with van der Waals surface area (Å²) in [6.07, 6.45) is 0. The minimum absolute atomic E-state index is 0.0698. The summed E-state index contributed by atoms with van der Waals surface area (Å²) in [5.41, 5.74) is 0.736. The van der Waals surface area contributed by atoms with Gasteiger partial charge in [-0.1, -0.05) is 29.3 Å². The van der Waals surface area contributed by atoms with Crippen LogP contribution in [0.4, 0.5) is 0 Å². The van der Waals surface area contributed by atoms with Crippen molar-refractivity contribution in [2.45, 2.75) is 19.9 Å². The molecule has 0 bridgehead atoms. The van der Waals surface area contributed by atoms with Gasteiger partial charge in [0.05, 0.1) is 47.0 Å². The number of carbonyl (C=O) groups excluding carboxylic acids is 2. The van der Waals surface area contributed by atoms with E-state index in [0.29, 0.717) is 35.3 Å². The number of ketones is 1. The summed E-state index contributed by atoms with van der Waals surface area (Å²) in [5.74, 6) is -1.02. The van der Waals surface area contributed by atoms with Gasteiger partial charge >= 0.3 is 0 Å². The Morgan fingerprint density at radius 2 is 1.76 bits per heavy atom. The number of hydrogen-bond acceptors (Lipinski definition) is 6. The van der Waals surface area contributed by atoms with E-state index < -0.39 is 17.7 Å². The number of aliphatic hydroxyl groups is 1. The molecule has 1 unspecified atom stereocenters. The van der Waals surface area contributed by atoms with Gasteiger partial charge in [0.15, 0.2) is 0 Å². The van der Waals surface area contributed by atoms with Crippen molar-refractivity contribution in [3.05, 3.63) is 63.1 Å². The molecule has 9 heteroatoms. The standard InChI is InChI=1S/C24H25Cl2NO6/c1-4-32-15-7-8-16(19(13-15)33-5-2)22(28)20-21(14-6-9-17(25)18(26)12-14)27(10-11-31-3)24(30)23(20)29/h6-9,12-13,21,28H,4-5,10-11H2,1-3H3/b22-20-. The average molecular weight is 494 g/mol. The smallest absolute Gasteiger partial charge is 0.295 e. The number of rotatable bonds is 9. The molecule has 0 saturated carbocycles. The maximum Gasteiger partial charge on any atom is 0.295 e. The van der Waals surface area contributed by atoms with Crippen LogP contribution in [0.15, 0.2) is 42.0 Å². The normalized spacial score (nSPS) is 17.5. The van der Waals surface area contributed by atoms with Gasteiger partial charge < -0.3 is 24.2 Å².